The average Bonchev–Trinajstić information content (AvgIpc) is 1.95. The third-order valence-corrected chi connectivity index (χ3v) is 2.84. The third-order valence-electron chi connectivity index (χ3n) is 2.84. The lowest BCUT2D eigenvalue weighted by Crippen LogP contribution is -2.33. The Bertz CT molecular complexity index is 273. The van der Waals surface area contributed by atoms with Gasteiger partial charge in [0.05, 0.1) is 12.3 Å². The number of carboxylic acids is 1. The van der Waals surface area contributed by atoms with Crippen molar-refractivity contribution in [2.75, 3.05) is 0 Å². The highest BCUT2D eigenvalue weighted by Crippen LogP contribution is 2.35. The molecule has 1 N–H and O–H groups in total. The van der Waals surface area contributed by atoms with E-state index in [2.05, 4.69) is 0 Å². The smallest absolute Gasteiger partial charge is 0.307 e. The van der Waals surface area contributed by atoms with Crippen LogP contribution in [0, 0.1) is 11.8 Å². The zero-order valence-electron chi connectivity index (χ0n) is 10.2. The van der Waals surface area contributed by atoms with Gasteiger partial charge in [-0.3, -0.25) is 9.59 Å². The molecule has 0 amide bonds. The number of hydrogen-bond acceptors (Lipinski definition) is 3. The fraction of sp³-hybridized carbons (Fsp3) is 0.833. The van der Waals surface area contributed by atoms with Crippen LogP contribution in [0.15, 0.2) is 0 Å². The number of carbonyl (C=O) groups excluding carboxylic acids is 1. The number of carbonyl (C=O) groups is 2. The van der Waals surface area contributed by atoms with Crippen molar-refractivity contribution in [3.05, 3.63) is 0 Å². The van der Waals surface area contributed by atoms with Crippen molar-refractivity contribution in [1.82, 2.24) is 0 Å². The molecule has 0 aliphatic heterocycles. The van der Waals surface area contributed by atoms with E-state index in [-0.39, 0.29) is 12.3 Å². The van der Waals surface area contributed by atoms with E-state index in [1.165, 1.54) is 0 Å². The second-order valence-electron chi connectivity index (χ2n) is 5.43. The van der Waals surface area contributed by atoms with E-state index in [1.54, 1.807) is 20.8 Å². The zero-order chi connectivity index (χ0) is 12.3. The summed E-state index contributed by atoms with van der Waals surface area (Å²) in [7, 11) is 0. The van der Waals surface area contributed by atoms with Gasteiger partial charge >= 0.3 is 11.9 Å². The Labute approximate surface area is 96.0 Å². The van der Waals surface area contributed by atoms with Gasteiger partial charge in [0.25, 0.3) is 0 Å². The molecule has 0 aromatic carbocycles. The van der Waals surface area contributed by atoms with Crippen LogP contribution in [0.3, 0.4) is 0 Å². The summed E-state index contributed by atoms with van der Waals surface area (Å²) in [6, 6.07) is 0. The summed E-state index contributed by atoms with van der Waals surface area (Å²) in [6.45, 7) is 5.35. The van der Waals surface area contributed by atoms with Gasteiger partial charge in [-0.25, -0.2) is 0 Å². The molecule has 0 aromatic rings. The molecule has 4 heteroatoms. The van der Waals surface area contributed by atoms with E-state index in [1.807, 2.05) is 0 Å². The predicted molar refractivity (Wildman–Crippen MR) is 58.9 cm³/mol. The minimum absolute atomic E-state index is 0.00271. The van der Waals surface area contributed by atoms with Crippen LogP contribution in [0.1, 0.15) is 46.5 Å². The molecule has 1 saturated carbocycles. The van der Waals surface area contributed by atoms with Crippen LogP contribution in [-0.2, 0) is 14.3 Å². The summed E-state index contributed by atoms with van der Waals surface area (Å²) < 4.78 is 5.13. The quantitative estimate of drug-likeness (QED) is 0.749. The van der Waals surface area contributed by atoms with Crippen LogP contribution in [0.5, 0.6) is 0 Å². The van der Waals surface area contributed by atoms with Crippen LogP contribution >= 0.6 is 0 Å². The summed E-state index contributed by atoms with van der Waals surface area (Å²) in [6.07, 6.45) is 2.90. The summed E-state index contributed by atoms with van der Waals surface area (Å²) in [5.41, 5.74) is -0.542. The van der Waals surface area contributed by atoms with Crippen molar-refractivity contribution in [3.8, 4) is 0 Å². The first-order valence-electron chi connectivity index (χ1n) is 5.74. The Hall–Kier alpha value is -1.06. The zero-order valence-corrected chi connectivity index (χ0v) is 10.2. The number of esters is 1. The van der Waals surface area contributed by atoms with E-state index < -0.39 is 23.5 Å². The second-order valence-corrected chi connectivity index (χ2v) is 5.43. The minimum atomic E-state index is -0.879. The van der Waals surface area contributed by atoms with Crippen LogP contribution in [0.25, 0.3) is 0 Å². The molecule has 1 aliphatic carbocycles. The van der Waals surface area contributed by atoms with Gasteiger partial charge in [0.2, 0.25) is 0 Å². The topological polar surface area (TPSA) is 63.6 Å². The lowest BCUT2D eigenvalue weighted by Gasteiger charge is -2.31. The van der Waals surface area contributed by atoms with E-state index in [0.29, 0.717) is 0 Å². The van der Waals surface area contributed by atoms with Crippen LogP contribution in [-0.4, -0.2) is 22.6 Å². The molecule has 0 spiro atoms. The maximum Gasteiger partial charge on any atom is 0.307 e. The van der Waals surface area contributed by atoms with Crippen molar-refractivity contribution >= 4 is 11.9 Å². The maximum absolute atomic E-state index is 11.5. The van der Waals surface area contributed by atoms with Crippen molar-refractivity contribution in [3.63, 3.8) is 0 Å². The van der Waals surface area contributed by atoms with Crippen LogP contribution in [0.2, 0.25) is 0 Å². The average molecular weight is 228 g/mol. The maximum atomic E-state index is 11.5. The first-order valence-corrected chi connectivity index (χ1v) is 5.74. The summed E-state index contributed by atoms with van der Waals surface area (Å²) in [5.74, 6) is -1.70. The number of carboxylic acid groups (broad SMARTS) is 1. The molecule has 4 nitrogen and oxygen atoms in total. The van der Waals surface area contributed by atoms with Gasteiger partial charge < -0.3 is 9.84 Å². The Morgan fingerprint density at radius 1 is 1.38 bits per heavy atom. The van der Waals surface area contributed by atoms with Crippen molar-refractivity contribution in [1.29, 1.82) is 0 Å². The number of ether oxygens (including phenoxy) is 1. The molecule has 0 bridgehead atoms. The van der Waals surface area contributed by atoms with Gasteiger partial charge in [-0.15, -0.1) is 0 Å². The largest absolute Gasteiger partial charge is 0.481 e. The third kappa shape index (κ3) is 3.83. The Kier molecular flexibility index (Phi) is 3.94. The molecule has 16 heavy (non-hydrogen) atoms. The fourth-order valence-electron chi connectivity index (χ4n) is 1.86. The van der Waals surface area contributed by atoms with Gasteiger partial charge in [0.15, 0.2) is 0 Å². The van der Waals surface area contributed by atoms with Gasteiger partial charge in [-0.1, -0.05) is 6.42 Å². The Balaban J connectivity index is 2.48. The number of hydrogen-bond donors (Lipinski definition) is 1. The second kappa shape index (κ2) is 4.85. The fourth-order valence-corrected chi connectivity index (χ4v) is 1.86. The Morgan fingerprint density at radius 2 is 1.94 bits per heavy atom. The van der Waals surface area contributed by atoms with Gasteiger partial charge in [0, 0.05) is 0 Å². The summed E-state index contributed by atoms with van der Waals surface area (Å²) in [4.78, 5) is 22.6. The molecule has 1 rings (SSSR count). The molecule has 0 heterocycles. The highest BCUT2D eigenvalue weighted by molar-refractivity contribution is 5.79. The molecule has 0 radical (unpaired) electrons. The number of aliphatic carboxylic acids is 1. The van der Waals surface area contributed by atoms with Crippen molar-refractivity contribution in [2.24, 2.45) is 11.8 Å². The van der Waals surface area contributed by atoms with Gasteiger partial charge in [-0.05, 0) is 39.5 Å². The lowest BCUT2D eigenvalue weighted by atomic mass is 9.74. The lowest BCUT2D eigenvalue weighted by molar-refractivity contribution is -0.161. The molecule has 0 aromatic heterocycles. The molecular weight excluding hydrogens is 208 g/mol. The molecular formula is C12H20O4. The van der Waals surface area contributed by atoms with E-state index in [0.717, 1.165) is 19.3 Å². The Morgan fingerprint density at radius 3 is 2.25 bits per heavy atom. The van der Waals surface area contributed by atoms with Crippen LogP contribution in [0.4, 0.5) is 0 Å². The first-order chi connectivity index (χ1) is 7.29. The summed E-state index contributed by atoms with van der Waals surface area (Å²) in [5, 5.41) is 9.05. The van der Waals surface area contributed by atoms with Crippen molar-refractivity contribution < 1.29 is 19.4 Å². The normalized spacial score (nSPS) is 18.7. The minimum Gasteiger partial charge on any atom is -0.481 e. The van der Waals surface area contributed by atoms with Crippen molar-refractivity contribution in [2.45, 2.75) is 52.1 Å². The molecule has 1 atom stereocenters. The highest BCUT2D eigenvalue weighted by atomic mass is 16.6. The van der Waals surface area contributed by atoms with E-state index >= 15 is 0 Å². The molecule has 1 aliphatic rings. The van der Waals surface area contributed by atoms with Gasteiger partial charge in [-0.2, -0.15) is 0 Å². The van der Waals surface area contributed by atoms with E-state index in [4.69, 9.17) is 9.84 Å². The number of rotatable bonds is 4. The SMILES string of the molecule is CC(C)(C)OC(=O)C[C@@H](C(=O)O)C1CCC1. The molecule has 0 saturated heterocycles. The molecule has 1 fully saturated rings. The molecule has 0 unspecified atom stereocenters. The monoisotopic (exact) mass is 228 g/mol. The predicted octanol–water partition coefficient (Wildman–Crippen LogP) is 2.22. The van der Waals surface area contributed by atoms with Crippen LogP contribution < -0.4 is 0 Å². The standard InChI is InChI=1S/C12H20O4/c1-12(2,3)16-10(13)7-9(11(14)15)8-5-4-6-8/h8-9H,4-7H2,1-3H3,(H,14,15)/t9-/m1/s1. The highest BCUT2D eigenvalue weighted by Gasteiger charge is 2.35. The van der Waals surface area contributed by atoms with E-state index in [9.17, 15) is 9.59 Å². The molecule has 92 valence electrons. The summed E-state index contributed by atoms with van der Waals surface area (Å²) >= 11 is 0. The van der Waals surface area contributed by atoms with Gasteiger partial charge in [0.1, 0.15) is 5.60 Å². The first kappa shape index (κ1) is 13.0.